The number of hydrogen-bond acceptors (Lipinski definition) is 5. The number of benzene rings is 1. The van der Waals surface area contributed by atoms with Crippen LogP contribution in [0.25, 0.3) is 0 Å². The number of amides is 3. The van der Waals surface area contributed by atoms with Gasteiger partial charge in [0.2, 0.25) is 0 Å². The summed E-state index contributed by atoms with van der Waals surface area (Å²) in [5.41, 5.74) is 0.209. The zero-order chi connectivity index (χ0) is 22.3. The first-order valence-electron chi connectivity index (χ1n) is 10.4. The molecule has 166 valence electrons. The predicted octanol–water partition coefficient (Wildman–Crippen LogP) is 3.71. The summed E-state index contributed by atoms with van der Waals surface area (Å²) in [6, 6.07) is 8.03. The third-order valence-corrected chi connectivity index (χ3v) is 4.38. The van der Waals surface area contributed by atoms with Crippen molar-refractivity contribution in [2.24, 2.45) is 5.92 Å². The molecular weight excluding hydrogens is 386 g/mol. The van der Waals surface area contributed by atoms with Crippen molar-refractivity contribution < 1.29 is 23.9 Å². The highest BCUT2D eigenvalue weighted by Gasteiger charge is 2.35. The second-order valence-electron chi connectivity index (χ2n) is 8.81. The minimum atomic E-state index is -0.792. The van der Waals surface area contributed by atoms with E-state index in [2.05, 4.69) is 5.32 Å². The van der Waals surface area contributed by atoms with Crippen molar-refractivity contribution in [3.05, 3.63) is 35.9 Å². The van der Waals surface area contributed by atoms with E-state index in [1.165, 1.54) is 10.0 Å². The first-order valence-corrected chi connectivity index (χ1v) is 10.4. The molecule has 0 bridgehead atoms. The second kappa shape index (κ2) is 10.3. The molecule has 1 heterocycles. The fraction of sp³-hybridized carbons (Fsp3) is 0.591. The number of hydrogen-bond donors (Lipinski definition) is 1. The number of carbonyl (C=O) groups is 3. The van der Waals surface area contributed by atoms with Crippen LogP contribution in [0.4, 0.5) is 9.59 Å². The Kier molecular flexibility index (Phi) is 8.08. The molecule has 1 saturated heterocycles. The molecule has 2 rings (SSSR count). The van der Waals surface area contributed by atoms with E-state index in [9.17, 15) is 14.4 Å². The van der Waals surface area contributed by atoms with Crippen LogP contribution in [-0.2, 0) is 20.9 Å². The lowest BCUT2D eigenvalue weighted by molar-refractivity contribution is -0.157. The number of hydrazine groups is 1. The van der Waals surface area contributed by atoms with E-state index >= 15 is 0 Å². The van der Waals surface area contributed by atoms with Crippen LogP contribution in [0.1, 0.15) is 53.0 Å². The van der Waals surface area contributed by atoms with E-state index in [-0.39, 0.29) is 12.5 Å². The van der Waals surface area contributed by atoms with Gasteiger partial charge < -0.3 is 14.8 Å². The van der Waals surface area contributed by atoms with Crippen LogP contribution in [0, 0.1) is 5.92 Å². The van der Waals surface area contributed by atoms with Crippen molar-refractivity contribution in [1.82, 2.24) is 15.3 Å². The topological polar surface area (TPSA) is 88.2 Å². The summed E-state index contributed by atoms with van der Waals surface area (Å²) in [6.07, 6.45) is 0.478. The molecule has 0 unspecified atom stereocenters. The highest BCUT2D eigenvalue weighted by molar-refractivity contribution is 5.85. The summed E-state index contributed by atoms with van der Waals surface area (Å²) in [6.45, 7) is 10.1. The van der Waals surface area contributed by atoms with Gasteiger partial charge in [-0.3, -0.25) is 0 Å². The molecule has 3 amide bonds. The van der Waals surface area contributed by atoms with Crippen LogP contribution in [0.15, 0.2) is 30.3 Å². The molecule has 1 N–H and O–H groups in total. The number of urea groups is 1. The van der Waals surface area contributed by atoms with Gasteiger partial charge >= 0.3 is 18.1 Å². The van der Waals surface area contributed by atoms with Gasteiger partial charge in [0.25, 0.3) is 0 Å². The Morgan fingerprint density at radius 3 is 2.30 bits per heavy atom. The Morgan fingerprint density at radius 1 is 1.07 bits per heavy atom. The number of carbonyl (C=O) groups excluding carboxylic acids is 3. The van der Waals surface area contributed by atoms with E-state index in [1.54, 1.807) is 20.8 Å². The minimum Gasteiger partial charge on any atom is -0.458 e. The normalized spacial score (nSPS) is 15.1. The second-order valence-corrected chi connectivity index (χ2v) is 8.81. The number of nitrogens with zero attached hydrogens (tertiary/aromatic N) is 2. The van der Waals surface area contributed by atoms with Gasteiger partial charge in [-0.25, -0.2) is 24.4 Å². The van der Waals surface area contributed by atoms with Crippen LogP contribution in [-0.4, -0.2) is 52.8 Å². The summed E-state index contributed by atoms with van der Waals surface area (Å²) in [4.78, 5) is 37.9. The quantitative estimate of drug-likeness (QED) is 0.710. The SMILES string of the molecule is CC(C)C[C@H](NC(=O)N1CCCN1C(=O)OCc1ccccc1)C(=O)OC(C)(C)C. The highest BCUT2D eigenvalue weighted by Crippen LogP contribution is 2.16. The Bertz CT molecular complexity index is 730. The number of nitrogens with one attached hydrogen (secondary N) is 1. The molecule has 1 aromatic rings. The fourth-order valence-corrected chi connectivity index (χ4v) is 3.09. The van der Waals surface area contributed by atoms with Crippen LogP contribution >= 0.6 is 0 Å². The van der Waals surface area contributed by atoms with Gasteiger partial charge in [-0.1, -0.05) is 44.2 Å². The van der Waals surface area contributed by atoms with E-state index in [0.717, 1.165) is 5.56 Å². The smallest absolute Gasteiger partial charge is 0.429 e. The monoisotopic (exact) mass is 419 g/mol. The van der Waals surface area contributed by atoms with E-state index in [0.29, 0.717) is 25.9 Å². The van der Waals surface area contributed by atoms with Gasteiger partial charge in [-0.05, 0) is 45.1 Å². The van der Waals surface area contributed by atoms with Crippen LogP contribution < -0.4 is 5.32 Å². The first kappa shape index (κ1) is 23.5. The summed E-state index contributed by atoms with van der Waals surface area (Å²) < 4.78 is 10.8. The molecule has 8 nitrogen and oxygen atoms in total. The van der Waals surface area contributed by atoms with Crippen LogP contribution in [0.3, 0.4) is 0 Å². The molecule has 1 aromatic carbocycles. The van der Waals surface area contributed by atoms with Gasteiger partial charge in [0.1, 0.15) is 18.2 Å². The zero-order valence-corrected chi connectivity index (χ0v) is 18.5. The molecule has 1 fully saturated rings. The average Bonchev–Trinajstić information content (AvgIpc) is 3.14. The Balaban J connectivity index is 1.99. The Hall–Kier alpha value is -2.77. The minimum absolute atomic E-state index is 0.125. The van der Waals surface area contributed by atoms with Gasteiger partial charge in [0.15, 0.2) is 0 Å². The molecule has 8 heteroatoms. The fourth-order valence-electron chi connectivity index (χ4n) is 3.09. The van der Waals surface area contributed by atoms with Crippen molar-refractivity contribution in [2.45, 2.75) is 65.7 Å². The molecule has 0 radical (unpaired) electrons. The molecular formula is C22H33N3O5. The summed E-state index contributed by atoms with van der Waals surface area (Å²) in [5, 5.41) is 5.31. The van der Waals surface area contributed by atoms with Crippen molar-refractivity contribution in [2.75, 3.05) is 13.1 Å². The lowest BCUT2D eigenvalue weighted by Crippen LogP contribution is -2.54. The Morgan fingerprint density at radius 2 is 1.70 bits per heavy atom. The third-order valence-electron chi connectivity index (χ3n) is 4.38. The molecule has 1 atom stereocenters. The zero-order valence-electron chi connectivity index (χ0n) is 18.5. The third kappa shape index (κ3) is 7.24. The lowest BCUT2D eigenvalue weighted by Gasteiger charge is -2.30. The van der Waals surface area contributed by atoms with Crippen molar-refractivity contribution in [1.29, 1.82) is 0 Å². The van der Waals surface area contributed by atoms with Crippen LogP contribution in [0.2, 0.25) is 0 Å². The molecule has 0 aromatic heterocycles. The maximum absolute atomic E-state index is 12.9. The Labute approximate surface area is 178 Å². The highest BCUT2D eigenvalue weighted by atomic mass is 16.6. The maximum atomic E-state index is 12.9. The predicted molar refractivity (Wildman–Crippen MR) is 112 cm³/mol. The van der Waals surface area contributed by atoms with Crippen molar-refractivity contribution in [3.63, 3.8) is 0 Å². The number of rotatable bonds is 6. The largest absolute Gasteiger partial charge is 0.458 e. The van der Waals surface area contributed by atoms with Crippen molar-refractivity contribution >= 4 is 18.1 Å². The summed E-state index contributed by atoms with van der Waals surface area (Å²) in [5.74, 6) is -0.310. The van der Waals surface area contributed by atoms with Crippen molar-refractivity contribution in [3.8, 4) is 0 Å². The molecule has 0 aliphatic carbocycles. The average molecular weight is 420 g/mol. The van der Waals surface area contributed by atoms with E-state index in [4.69, 9.17) is 9.47 Å². The summed E-state index contributed by atoms with van der Waals surface area (Å²) in [7, 11) is 0. The summed E-state index contributed by atoms with van der Waals surface area (Å²) >= 11 is 0. The number of esters is 1. The lowest BCUT2D eigenvalue weighted by atomic mass is 10.0. The van der Waals surface area contributed by atoms with Crippen LogP contribution in [0.5, 0.6) is 0 Å². The maximum Gasteiger partial charge on any atom is 0.429 e. The van der Waals surface area contributed by atoms with E-state index < -0.39 is 29.7 Å². The molecule has 0 saturated carbocycles. The van der Waals surface area contributed by atoms with Gasteiger partial charge in [-0.2, -0.15) is 0 Å². The molecule has 1 aliphatic heterocycles. The van der Waals surface area contributed by atoms with Gasteiger partial charge in [0.05, 0.1) is 0 Å². The standard InChI is InChI=1S/C22H33N3O5/c1-16(2)14-18(19(26)30-22(3,4)5)23-20(27)24-12-9-13-25(24)21(28)29-15-17-10-7-6-8-11-17/h6-8,10-11,16,18H,9,12-15H2,1-5H3,(H,23,27)/t18-/m0/s1. The first-order chi connectivity index (χ1) is 14.1. The molecule has 30 heavy (non-hydrogen) atoms. The van der Waals surface area contributed by atoms with Gasteiger partial charge in [-0.15, -0.1) is 0 Å². The van der Waals surface area contributed by atoms with Gasteiger partial charge in [0, 0.05) is 13.1 Å². The molecule has 0 spiro atoms. The number of ether oxygens (including phenoxy) is 2. The molecule has 1 aliphatic rings. The van der Waals surface area contributed by atoms with E-state index in [1.807, 2.05) is 44.2 Å².